The highest BCUT2D eigenvalue weighted by molar-refractivity contribution is 5.92. The Morgan fingerprint density at radius 1 is 0.879 bits per heavy atom. The van der Waals surface area contributed by atoms with Crippen LogP contribution < -0.4 is 21.5 Å². The number of carbonyl (C=O) groups excluding carboxylic acids is 1. The van der Waals surface area contributed by atoms with Gasteiger partial charge in [0.25, 0.3) is 5.91 Å². The van der Waals surface area contributed by atoms with Gasteiger partial charge in [0.05, 0.1) is 17.6 Å². The number of benzene rings is 3. The van der Waals surface area contributed by atoms with Crippen molar-refractivity contribution < 1.29 is 9.53 Å². The number of rotatable bonds is 9. The maximum atomic E-state index is 11.7. The highest BCUT2D eigenvalue weighted by atomic mass is 16.5. The summed E-state index contributed by atoms with van der Waals surface area (Å²) in [5.41, 5.74) is 15.2. The third-order valence-corrected chi connectivity index (χ3v) is 5.03. The minimum absolute atomic E-state index is 0.104. The van der Waals surface area contributed by atoms with Crippen molar-refractivity contribution >= 4 is 5.91 Å². The Bertz CT molecular complexity index is 1240. The van der Waals surface area contributed by atoms with Gasteiger partial charge in [0, 0.05) is 25.2 Å². The smallest absolute Gasteiger partial charge is 0.269 e. The zero-order valence-corrected chi connectivity index (χ0v) is 18.1. The van der Waals surface area contributed by atoms with E-state index in [2.05, 4.69) is 21.4 Å². The van der Waals surface area contributed by atoms with Crippen molar-refractivity contribution in [3.63, 3.8) is 0 Å². The number of aromatic nitrogens is 2. The first-order valence-electron chi connectivity index (χ1n) is 10.6. The summed E-state index contributed by atoms with van der Waals surface area (Å²) in [7, 11) is 0. The number of ether oxygens (including phenoxy) is 1. The molecule has 166 valence electrons. The molecule has 1 amide bonds. The lowest BCUT2D eigenvalue weighted by Gasteiger charge is -2.10. The number of carbonyl (C=O) groups is 1. The van der Waals surface area contributed by atoms with Gasteiger partial charge in [-0.3, -0.25) is 9.78 Å². The Morgan fingerprint density at radius 3 is 2.30 bits per heavy atom. The summed E-state index contributed by atoms with van der Waals surface area (Å²) >= 11 is 0. The van der Waals surface area contributed by atoms with Crippen molar-refractivity contribution in [1.82, 2.24) is 15.3 Å². The highest BCUT2D eigenvalue weighted by Gasteiger charge is 2.13. The normalized spacial score (nSPS) is 10.7. The van der Waals surface area contributed by atoms with E-state index in [-0.39, 0.29) is 12.2 Å². The summed E-state index contributed by atoms with van der Waals surface area (Å²) in [4.78, 5) is 20.3. The fourth-order valence-corrected chi connectivity index (χ4v) is 3.44. The van der Waals surface area contributed by atoms with Gasteiger partial charge in [-0.15, -0.1) is 0 Å². The lowest BCUT2D eigenvalue weighted by atomic mass is 10.1. The van der Waals surface area contributed by atoms with Crippen LogP contribution in [0.25, 0.3) is 11.3 Å². The molecule has 4 rings (SSSR count). The third kappa shape index (κ3) is 5.79. The van der Waals surface area contributed by atoms with E-state index in [0.29, 0.717) is 24.5 Å². The predicted molar refractivity (Wildman–Crippen MR) is 127 cm³/mol. The van der Waals surface area contributed by atoms with E-state index in [1.807, 2.05) is 72.8 Å². The summed E-state index contributed by atoms with van der Waals surface area (Å²) in [5, 5.41) is 3.45. The molecule has 7 heteroatoms. The van der Waals surface area contributed by atoms with Gasteiger partial charge in [-0.05, 0) is 41.5 Å². The first kappa shape index (κ1) is 22.1. The number of hydrogen-bond donors (Lipinski definition) is 3. The molecule has 0 saturated carbocycles. The Morgan fingerprint density at radius 2 is 1.58 bits per heavy atom. The first-order valence-corrected chi connectivity index (χ1v) is 10.6. The highest BCUT2D eigenvalue weighted by Crippen LogP contribution is 2.22. The Hall–Kier alpha value is -4.07. The van der Waals surface area contributed by atoms with Gasteiger partial charge < -0.3 is 21.5 Å². The van der Waals surface area contributed by atoms with Gasteiger partial charge in [-0.2, -0.15) is 0 Å². The van der Waals surface area contributed by atoms with Crippen LogP contribution in [0.5, 0.6) is 11.5 Å². The van der Waals surface area contributed by atoms with E-state index < -0.39 is 5.91 Å². The van der Waals surface area contributed by atoms with Gasteiger partial charge in [0.2, 0.25) is 0 Å². The van der Waals surface area contributed by atoms with Crippen molar-refractivity contribution in [3.8, 4) is 22.8 Å². The number of nitrogens with two attached hydrogens (primary N) is 2. The molecule has 3 aromatic carbocycles. The van der Waals surface area contributed by atoms with E-state index in [1.165, 1.54) is 0 Å². The number of para-hydroxylation sites is 1. The van der Waals surface area contributed by atoms with Gasteiger partial charge >= 0.3 is 0 Å². The Balaban J connectivity index is 1.40. The lowest BCUT2D eigenvalue weighted by Crippen LogP contribution is -2.19. The number of amides is 1. The summed E-state index contributed by atoms with van der Waals surface area (Å²) in [6.45, 7) is 1.45. The maximum absolute atomic E-state index is 11.7. The minimum atomic E-state index is -0.638. The fourth-order valence-electron chi connectivity index (χ4n) is 3.44. The summed E-state index contributed by atoms with van der Waals surface area (Å²) < 4.78 is 5.91. The fraction of sp³-hybridized carbons (Fsp3) is 0.115. The average Bonchev–Trinajstić information content (AvgIpc) is 2.85. The molecular weight excluding hydrogens is 414 g/mol. The van der Waals surface area contributed by atoms with Gasteiger partial charge in [0.15, 0.2) is 5.69 Å². The Kier molecular flexibility index (Phi) is 7.04. The molecule has 0 aliphatic rings. The molecule has 0 unspecified atom stereocenters. The molecule has 0 saturated heterocycles. The van der Waals surface area contributed by atoms with E-state index in [9.17, 15) is 4.79 Å². The molecule has 33 heavy (non-hydrogen) atoms. The van der Waals surface area contributed by atoms with Crippen LogP contribution in [-0.2, 0) is 19.6 Å². The molecule has 0 bridgehead atoms. The van der Waals surface area contributed by atoms with E-state index in [1.54, 1.807) is 6.20 Å². The molecule has 0 spiro atoms. The van der Waals surface area contributed by atoms with Gasteiger partial charge in [-0.1, -0.05) is 48.5 Å². The van der Waals surface area contributed by atoms with Gasteiger partial charge in [0.1, 0.15) is 11.5 Å². The number of hydrogen-bond acceptors (Lipinski definition) is 6. The summed E-state index contributed by atoms with van der Waals surface area (Å²) in [6.07, 6.45) is 1.61. The van der Waals surface area contributed by atoms with Crippen molar-refractivity contribution in [3.05, 3.63) is 108 Å². The molecule has 4 aromatic rings. The quantitative estimate of drug-likeness (QED) is 0.365. The van der Waals surface area contributed by atoms with Gasteiger partial charge in [-0.25, -0.2) is 4.98 Å². The van der Waals surface area contributed by atoms with E-state index in [4.69, 9.17) is 16.2 Å². The standard InChI is InChI=1S/C26H25N5O2/c27-14-23-25(26(28)32)31-24(17-30-23)20-8-4-6-18(12-20)15-29-16-19-7-5-11-22(13-19)33-21-9-2-1-3-10-21/h1-13,17,29H,14-16,27H2,(H2,28,32). The summed E-state index contributed by atoms with van der Waals surface area (Å²) in [5.74, 6) is 0.967. The molecule has 1 aromatic heterocycles. The minimum Gasteiger partial charge on any atom is -0.457 e. The number of nitrogens with zero attached hydrogens (tertiary/aromatic N) is 2. The molecule has 0 radical (unpaired) electrons. The zero-order valence-electron chi connectivity index (χ0n) is 18.1. The van der Waals surface area contributed by atoms with Crippen LogP contribution in [0, 0.1) is 0 Å². The van der Waals surface area contributed by atoms with E-state index in [0.717, 1.165) is 28.2 Å². The zero-order chi connectivity index (χ0) is 23.0. The number of nitrogens with one attached hydrogen (secondary N) is 1. The molecule has 1 heterocycles. The number of primary amides is 1. The summed E-state index contributed by atoms with van der Waals surface area (Å²) in [6, 6.07) is 25.6. The van der Waals surface area contributed by atoms with Crippen LogP contribution in [0.3, 0.4) is 0 Å². The second-order valence-corrected chi connectivity index (χ2v) is 7.49. The van der Waals surface area contributed by atoms with Crippen molar-refractivity contribution in [1.29, 1.82) is 0 Å². The molecule has 0 fully saturated rings. The van der Waals surface area contributed by atoms with Crippen LogP contribution in [0.1, 0.15) is 27.3 Å². The van der Waals surface area contributed by atoms with E-state index >= 15 is 0 Å². The van der Waals surface area contributed by atoms with Crippen molar-refractivity contribution in [2.75, 3.05) is 0 Å². The average molecular weight is 440 g/mol. The van der Waals surface area contributed by atoms with Crippen LogP contribution in [0.2, 0.25) is 0 Å². The molecule has 0 atom stereocenters. The molecule has 7 nitrogen and oxygen atoms in total. The van der Waals surface area contributed by atoms with Crippen molar-refractivity contribution in [2.45, 2.75) is 19.6 Å². The van der Waals surface area contributed by atoms with Crippen LogP contribution in [0.15, 0.2) is 85.1 Å². The molecule has 0 aliphatic heterocycles. The Labute approximate surface area is 192 Å². The largest absolute Gasteiger partial charge is 0.457 e. The van der Waals surface area contributed by atoms with Crippen LogP contribution >= 0.6 is 0 Å². The monoisotopic (exact) mass is 439 g/mol. The van der Waals surface area contributed by atoms with Crippen molar-refractivity contribution in [2.24, 2.45) is 11.5 Å². The molecule has 5 N–H and O–H groups in total. The third-order valence-electron chi connectivity index (χ3n) is 5.03. The predicted octanol–water partition coefficient (Wildman–Crippen LogP) is 3.78. The molecular formula is C26H25N5O2. The molecule has 0 aliphatic carbocycles. The first-order chi connectivity index (χ1) is 16.1. The lowest BCUT2D eigenvalue weighted by molar-refractivity contribution is 0.0994. The van der Waals surface area contributed by atoms with Crippen LogP contribution in [0.4, 0.5) is 0 Å². The SMILES string of the molecule is NCc1ncc(-c2cccc(CNCc3cccc(Oc4ccccc4)c3)c2)nc1C(N)=O. The second kappa shape index (κ2) is 10.5. The topological polar surface area (TPSA) is 116 Å². The second-order valence-electron chi connectivity index (χ2n) is 7.49. The maximum Gasteiger partial charge on any atom is 0.269 e. The van der Waals surface area contributed by atoms with Crippen LogP contribution in [-0.4, -0.2) is 15.9 Å².